The van der Waals surface area contributed by atoms with Gasteiger partial charge in [-0.15, -0.1) is 0 Å². The number of amides is 2. The van der Waals surface area contributed by atoms with E-state index < -0.39 is 11.9 Å². The summed E-state index contributed by atoms with van der Waals surface area (Å²) in [7, 11) is 0. The smallest absolute Gasteiger partial charge is 0.343 e. The lowest BCUT2D eigenvalue weighted by molar-refractivity contribution is 0.0635. The third kappa shape index (κ3) is 4.56. The van der Waals surface area contributed by atoms with Crippen molar-refractivity contribution >= 4 is 28.8 Å². The first-order chi connectivity index (χ1) is 18.3. The van der Waals surface area contributed by atoms with Gasteiger partial charge in [-0.25, -0.2) is 4.79 Å². The summed E-state index contributed by atoms with van der Waals surface area (Å²) in [5, 5.41) is 0.267. The lowest BCUT2D eigenvalue weighted by Gasteiger charge is -2.15. The molecule has 0 aliphatic carbocycles. The predicted octanol–water partition coefficient (Wildman–Crippen LogP) is 5.62. The van der Waals surface area contributed by atoms with E-state index in [-0.39, 0.29) is 56.4 Å². The molecule has 8 nitrogen and oxygen atoms in total. The largest absolute Gasteiger partial charge is 0.460 e. The molecule has 0 fully saturated rings. The highest BCUT2D eigenvalue weighted by Gasteiger charge is 2.36. The van der Waals surface area contributed by atoms with Crippen molar-refractivity contribution in [2.75, 3.05) is 6.54 Å². The second-order valence-corrected chi connectivity index (χ2v) is 9.42. The Balaban J connectivity index is 1.36. The van der Waals surface area contributed by atoms with Crippen LogP contribution in [0.4, 0.5) is 0 Å². The van der Waals surface area contributed by atoms with Gasteiger partial charge >= 0.3 is 5.97 Å². The Bertz CT molecular complexity index is 1650. The maximum Gasteiger partial charge on any atom is 0.343 e. The van der Waals surface area contributed by atoms with Crippen LogP contribution in [0.3, 0.4) is 0 Å². The molecule has 0 saturated heterocycles. The molecule has 0 spiro atoms. The summed E-state index contributed by atoms with van der Waals surface area (Å²) in [5.74, 6) is -0.622. The molecule has 1 aromatic heterocycles. The summed E-state index contributed by atoms with van der Waals surface area (Å²) in [5.41, 5.74) is 1.38. The molecule has 0 bridgehead atoms. The Morgan fingerprint density at radius 1 is 0.921 bits per heavy atom. The second kappa shape index (κ2) is 9.97. The van der Waals surface area contributed by atoms with E-state index in [1.165, 1.54) is 47.6 Å². The molecule has 8 heteroatoms. The number of benzene rings is 3. The van der Waals surface area contributed by atoms with Crippen LogP contribution in [0, 0.1) is 5.92 Å². The van der Waals surface area contributed by atoms with Crippen molar-refractivity contribution in [2.45, 2.75) is 27.2 Å². The maximum absolute atomic E-state index is 13.0. The van der Waals surface area contributed by atoms with E-state index in [2.05, 4.69) is 0 Å². The maximum atomic E-state index is 13.0. The molecule has 38 heavy (non-hydrogen) atoms. The molecule has 0 N–H and O–H groups in total. The number of carbonyl (C=O) groups excluding carboxylic acids is 3. The summed E-state index contributed by atoms with van der Waals surface area (Å²) in [6.45, 7) is 6.12. The zero-order valence-corrected chi connectivity index (χ0v) is 21.1. The lowest BCUT2D eigenvalue weighted by atomic mass is 10.1. The molecule has 3 aromatic carbocycles. The highest BCUT2D eigenvalue weighted by atomic mass is 16.5. The summed E-state index contributed by atoms with van der Waals surface area (Å²) in [6.07, 6.45) is 1.98. The number of rotatable bonds is 7. The first-order valence-corrected chi connectivity index (χ1v) is 12.3. The number of esters is 1. The molecule has 0 atom stereocenters. The Morgan fingerprint density at radius 3 is 2.45 bits per heavy atom. The number of hydrogen-bond donors (Lipinski definition) is 0. The van der Waals surface area contributed by atoms with Crippen LogP contribution in [0.15, 0.2) is 76.1 Å². The van der Waals surface area contributed by atoms with Crippen LogP contribution in [-0.4, -0.2) is 29.2 Å². The Labute approximate surface area is 218 Å². The number of fused-ring (bicyclic) bond motifs is 2. The van der Waals surface area contributed by atoms with Crippen LogP contribution in [0.25, 0.3) is 11.0 Å². The SMILES string of the molecule is CCc1ccccc1Oc1coc2cc(OC(=O)c3ccc4c(c3)C(=O)N(CC(C)C)C4=O)ccc2c1=O. The van der Waals surface area contributed by atoms with E-state index in [0.717, 1.165) is 12.0 Å². The zero-order chi connectivity index (χ0) is 27.0. The van der Waals surface area contributed by atoms with Gasteiger partial charge in [0.2, 0.25) is 11.2 Å². The summed E-state index contributed by atoms with van der Waals surface area (Å²) in [6, 6.07) is 16.1. The third-order valence-corrected chi connectivity index (χ3v) is 6.25. The quantitative estimate of drug-likeness (QED) is 0.180. The minimum Gasteiger partial charge on any atom is -0.460 e. The Kier molecular flexibility index (Phi) is 6.55. The molecular weight excluding hydrogens is 486 g/mol. The van der Waals surface area contributed by atoms with Crippen molar-refractivity contribution in [1.29, 1.82) is 0 Å². The fraction of sp³-hybridized carbons (Fsp3) is 0.200. The fourth-order valence-corrected chi connectivity index (χ4v) is 4.35. The van der Waals surface area contributed by atoms with Crippen LogP contribution in [-0.2, 0) is 6.42 Å². The molecule has 192 valence electrons. The number of carbonyl (C=O) groups is 3. The first-order valence-electron chi connectivity index (χ1n) is 12.3. The average Bonchev–Trinajstić information content (AvgIpc) is 3.14. The van der Waals surface area contributed by atoms with Crippen LogP contribution < -0.4 is 14.9 Å². The number of para-hydroxylation sites is 1. The topological polar surface area (TPSA) is 103 Å². The Hall–Kier alpha value is -4.72. The van der Waals surface area contributed by atoms with Crippen molar-refractivity contribution in [2.24, 2.45) is 5.92 Å². The first kappa shape index (κ1) is 25.0. The third-order valence-electron chi connectivity index (χ3n) is 6.25. The molecule has 0 unspecified atom stereocenters. The second-order valence-electron chi connectivity index (χ2n) is 9.42. The number of ether oxygens (including phenoxy) is 2. The van der Waals surface area contributed by atoms with Gasteiger partial charge in [0, 0.05) is 12.6 Å². The van der Waals surface area contributed by atoms with Gasteiger partial charge in [-0.1, -0.05) is 39.0 Å². The lowest BCUT2D eigenvalue weighted by Crippen LogP contribution is -2.33. The molecule has 0 saturated carbocycles. The fourth-order valence-electron chi connectivity index (χ4n) is 4.35. The molecule has 2 heterocycles. The van der Waals surface area contributed by atoms with Crippen molar-refractivity contribution < 1.29 is 28.3 Å². The normalized spacial score (nSPS) is 12.8. The molecule has 1 aliphatic rings. The van der Waals surface area contributed by atoms with Gasteiger partial charge in [-0.2, -0.15) is 0 Å². The number of hydrogen-bond acceptors (Lipinski definition) is 7. The summed E-state index contributed by atoms with van der Waals surface area (Å²) in [4.78, 5) is 52.3. The van der Waals surface area contributed by atoms with Crippen LogP contribution >= 0.6 is 0 Å². The monoisotopic (exact) mass is 511 g/mol. The van der Waals surface area contributed by atoms with Crippen molar-refractivity contribution in [3.63, 3.8) is 0 Å². The van der Waals surface area contributed by atoms with Gasteiger partial charge in [0.15, 0.2) is 0 Å². The minimum atomic E-state index is -0.715. The Morgan fingerprint density at radius 2 is 1.68 bits per heavy atom. The van der Waals surface area contributed by atoms with Crippen LogP contribution in [0.2, 0.25) is 0 Å². The highest BCUT2D eigenvalue weighted by molar-refractivity contribution is 6.22. The number of nitrogens with zero attached hydrogens (tertiary/aromatic N) is 1. The van der Waals surface area contributed by atoms with E-state index in [1.807, 2.05) is 39.0 Å². The molecule has 0 radical (unpaired) electrons. The molecular formula is C30H25NO7. The van der Waals surface area contributed by atoms with Crippen molar-refractivity contribution in [3.8, 4) is 17.2 Å². The van der Waals surface area contributed by atoms with Gasteiger partial charge in [-0.3, -0.25) is 19.3 Å². The van der Waals surface area contributed by atoms with Gasteiger partial charge in [0.1, 0.15) is 23.3 Å². The zero-order valence-electron chi connectivity index (χ0n) is 21.1. The van der Waals surface area contributed by atoms with Gasteiger partial charge < -0.3 is 13.9 Å². The molecule has 4 aromatic rings. The molecule has 5 rings (SSSR count). The molecule has 2 amide bonds. The van der Waals surface area contributed by atoms with Gasteiger partial charge in [0.25, 0.3) is 11.8 Å². The summed E-state index contributed by atoms with van der Waals surface area (Å²) < 4.78 is 16.9. The van der Waals surface area contributed by atoms with Gasteiger partial charge in [-0.05, 0) is 54.3 Å². The van der Waals surface area contributed by atoms with E-state index in [4.69, 9.17) is 13.9 Å². The average molecular weight is 512 g/mol. The number of imide groups is 1. The van der Waals surface area contributed by atoms with Gasteiger partial charge in [0.05, 0.1) is 22.1 Å². The highest BCUT2D eigenvalue weighted by Crippen LogP contribution is 2.28. The van der Waals surface area contributed by atoms with E-state index >= 15 is 0 Å². The molecule has 1 aliphatic heterocycles. The van der Waals surface area contributed by atoms with Crippen molar-refractivity contribution in [3.05, 3.63) is 99.4 Å². The standard InChI is InChI=1S/C30H25NO7/c1-4-18-7-5-6-8-24(18)38-26-16-36-25-14-20(10-12-22(25)27(26)32)37-30(35)19-9-11-21-23(13-19)29(34)31(28(21)33)15-17(2)3/h5-14,16-17H,4,15H2,1-3H3. The van der Waals surface area contributed by atoms with E-state index in [9.17, 15) is 19.2 Å². The predicted molar refractivity (Wildman–Crippen MR) is 140 cm³/mol. The van der Waals surface area contributed by atoms with E-state index in [1.54, 1.807) is 6.07 Å². The minimum absolute atomic E-state index is 0.0482. The van der Waals surface area contributed by atoms with Crippen LogP contribution in [0.5, 0.6) is 17.2 Å². The van der Waals surface area contributed by atoms with Crippen molar-refractivity contribution in [1.82, 2.24) is 4.90 Å². The van der Waals surface area contributed by atoms with E-state index in [0.29, 0.717) is 12.3 Å². The van der Waals surface area contributed by atoms with Crippen LogP contribution in [0.1, 0.15) is 57.4 Å². The number of aryl methyl sites for hydroxylation is 1. The summed E-state index contributed by atoms with van der Waals surface area (Å²) >= 11 is 0.